The highest BCUT2D eigenvalue weighted by atomic mass is 16.6. The molecule has 1 aromatic heterocycles. The minimum Gasteiger partial charge on any atom is -0.380 e. The van der Waals surface area contributed by atoms with Gasteiger partial charge in [-0.3, -0.25) is 15.0 Å². The maximum Gasteiger partial charge on any atom is 0.293 e. The molecule has 28 heavy (non-hydrogen) atoms. The molecule has 1 aliphatic heterocycles. The molecular weight excluding hydrogens is 360 g/mol. The number of rotatable bonds is 8. The third kappa shape index (κ3) is 4.85. The first kappa shape index (κ1) is 20.2. The zero-order valence-corrected chi connectivity index (χ0v) is 16.6. The van der Waals surface area contributed by atoms with E-state index >= 15 is 0 Å². The highest BCUT2D eigenvalue weighted by Gasteiger charge is 2.21. The lowest BCUT2D eigenvalue weighted by molar-refractivity contribution is -0.383. The van der Waals surface area contributed by atoms with Gasteiger partial charge < -0.3 is 15.4 Å². The number of anilines is 2. The van der Waals surface area contributed by atoms with Crippen LogP contribution in [0.1, 0.15) is 27.2 Å². The van der Waals surface area contributed by atoms with Crippen LogP contribution in [-0.2, 0) is 4.74 Å². The van der Waals surface area contributed by atoms with Crippen molar-refractivity contribution in [3.63, 3.8) is 0 Å². The Hall–Kier alpha value is -2.52. The van der Waals surface area contributed by atoms with E-state index in [1.807, 2.05) is 6.92 Å². The Morgan fingerprint density at radius 3 is 2.68 bits per heavy atom. The van der Waals surface area contributed by atoms with Gasteiger partial charge in [-0.05, 0) is 33.3 Å². The van der Waals surface area contributed by atoms with Gasteiger partial charge in [0.05, 0.1) is 22.6 Å². The van der Waals surface area contributed by atoms with Crippen LogP contribution in [0.25, 0.3) is 10.9 Å². The zero-order valence-electron chi connectivity index (χ0n) is 16.6. The van der Waals surface area contributed by atoms with Gasteiger partial charge in [-0.2, -0.15) is 0 Å². The van der Waals surface area contributed by atoms with Crippen LogP contribution in [0.4, 0.5) is 17.2 Å². The number of morpholine rings is 1. The van der Waals surface area contributed by atoms with Gasteiger partial charge in [0.15, 0.2) is 0 Å². The Balaban J connectivity index is 1.67. The number of fused-ring (bicyclic) bond motifs is 1. The molecule has 1 saturated heterocycles. The third-order valence-electron chi connectivity index (χ3n) is 4.76. The van der Waals surface area contributed by atoms with E-state index in [0.717, 1.165) is 32.6 Å². The van der Waals surface area contributed by atoms with E-state index in [4.69, 9.17) is 4.74 Å². The average Bonchev–Trinajstić information content (AvgIpc) is 2.64. The van der Waals surface area contributed by atoms with Crippen molar-refractivity contribution < 1.29 is 9.66 Å². The number of nitrogens with one attached hydrogen (secondary N) is 2. The maximum absolute atomic E-state index is 11.4. The second kappa shape index (κ2) is 9.11. The van der Waals surface area contributed by atoms with E-state index in [0.29, 0.717) is 29.0 Å². The first-order valence-electron chi connectivity index (χ1n) is 9.76. The summed E-state index contributed by atoms with van der Waals surface area (Å²) in [7, 11) is 0. The third-order valence-corrected chi connectivity index (χ3v) is 4.76. The molecule has 2 atom stereocenters. The molecular formula is C19H28N6O3. The number of benzene rings is 1. The Kier molecular flexibility index (Phi) is 6.58. The Morgan fingerprint density at radius 1 is 1.25 bits per heavy atom. The number of aromatic nitrogens is 2. The van der Waals surface area contributed by atoms with Gasteiger partial charge >= 0.3 is 0 Å². The lowest BCUT2D eigenvalue weighted by Crippen LogP contribution is -2.45. The fraction of sp³-hybridized carbons (Fsp3) is 0.579. The molecule has 0 saturated carbocycles. The highest BCUT2D eigenvalue weighted by Crippen LogP contribution is 2.31. The smallest absolute Gasteiger partial charge is 0.293 e. The minimum absolute atomic E-state index is 0.0310. The summed E-state index contributed by atoms with van der Waals surface area (Å²) in [6.45, 7) is 10.3. The Morgan fingerprint density at radius 2 is 2.00 bits per heavy atom. The van der Waals surface area contributed by atoms with Crippen LogP contribution < -0.4 is 10.6 Å². The van der Waals surface area contributed by atoms with Crippen LogP contribution in [0, 0.1) is 10.1 Å². The predicted octanol–water partition coefficient (Wildman–Crippen LogP) is 2.88. The summed E-state index contributed by atoms with van der Waals surface area (Å²) in [5, 5.41) is 18.4. The summed E-state index contributed by atoms with van der Waals surface area (Å²) < 4.78 is 5.76. The zero-order chi connectivity index (χ0) is 20.1. The van der Waals surface area contributed by atoms with Gasteiger partial charge in [0.2, 0.25) is 0 Å². The molecule has 2 aromatic rings. The van der Waals surface area contributed by atoms with E-state index < -0.39 is 0 Å². The number of hydrogen-bond acceptors (Lipinski definition) is 8. The van der Waals surface area contributed by atoms with Crippen LogP contribution >= 0.6 is 0 Å². The molecule has 0 radical (unpaired) electrons. The molecule has 1 aromatic carbocycles. The molecule has 1 fully saturated rings. The van der Waals surface area contributed by atoms with Crippen molar-refractivity contribution in [3.05, 3.63) is 28.6 Å². The predicted molar refractivity (Wildman–Crippen MR) is 110 cm³/mol. The Labute approximate surface area is 164 Å². The van der Waals surface area contributed by atoms with E-state index in [9.17, 15) is 10.1 Å². The van der Waals surface area contributed by atoms with Crippen LogP contribution in [-0.4, -0.2) is 64.7 Å². The largest absolute Gasteiger partial charge is 0.380 e. The summed E-state index contributed by atoms with van der Waals surface area (Å²) in [5.41, 5.74) is 1.18. The van der Waals surface area contributed by atoms with Crippen LogP contribution in [0.2, 0.25) is 0 Å². The SMILES string of the molecule is CCNc1cc2ncnc(NCCCN3CC(C)OC(C)C3)c2cc1[N+](=O)[O-]. The van der Waals surface area contributed by atoms with Crippen LogP contribution in [0.15, 0.2) is 18.5 Å². The molecule has 9 heteroatoms. The lowest BCUT2D eigenvalue weighted by Gasteiger charge is -2.35. The van der Waals surface area contributed by atoms with Gasteiger partial charge in [-0.25, -0.2) is 9.97 Å². The molecule has 9 nitrogen and oxygen atoms in total. The van der Waals surface area contributed by atoms with E-state index in [2.05, 4.69) is 39.3 Å². The normalized spacial score (nSPS) is 20.2. The van der Waals surface area contributed by atoms with Crippen molar-refractivity contribution in [2.45, 2.75) is 39.4 Å². The first-order chi connectivity index (χ1) is 13.5. The second-order valence-electron chi connectivity index (χ2n) is 7.19. The number of nitro groups is 1. The lowest BCUT2D eigenvalue weighted by atomic mass is 10.1. The van der Waals surface area contributed by atoms with E-state index in [-0.39, 0.29) is 22.8 Å². The van der Waals surface area contributed by atoms with Crippen molar-refractivity contribution in [1.82, 2.24) is 14.9 Å². The van der Waals surface area contributed by atoms with Gasteiger partial charge in [0, 0.05) is 44.2 Å². The quantitative estimate of drug-likeness (QED) is 0.404. The summed E-state index contributed by atoms with van der Waals surface area (Å²) in [6, 6.07) is 3.25. The molecule has 2 unspecified atom stereocenters. The second-order valence-corrected chi connectivity index (χ2v) is 7.19. The first-order valence-corrected chi connectivity index (χ1v) is 9.76. The topological polar surface area (TPSA) is 105 Å². The van der Waals surface area contributed by atoms with Gasteiger partial charge in [0.1, 0.15) is 17.8 Å². The molecule has 0 bridgehead atoms. The molecule has 0 aliphatic carbocycles. The molecule has 0 spiro atoms. The molecule has 0 amide bonds. The number of nitro benzene ring substituents is 1. The monoisotopic (exact) mass is 388 g/mol. The fourth-order valence-corrected chi connectivity index (χ4v) is 3.69. The number of ether oxygens (including phenoxy) is 1. The van der Waals surface area contributed by atoms with Gasteiger partial charge in [0.25, 0.3) is 5.69 Å². The summed E-state index contributed by atoms with van der Waals surface area (Å²) in [6.07, 6.45) is 2.95. The minimum atomic E-state index is -0.380. The summed E-state index contributed by atoms with van der Waals surface area (Å²) in [5.74, 6) is 0.625. The molecule has 2 N–H and O–H groups in total. The summed E-state index contributed by atoms with van der Waals surface area (Å²) in [4.78, 5) is 22.0. The van der Waals surface area contributed by atoms with E-state index in [1.165, 1.54) is 6.33 Å². The van der Waals surface area contributed by atoms with Crippen LogP contribution in [0.3, 0.4) is 0 Å². The maximum atomic E-state index is 11.4. The molecule has 3 rings (SSSR count). The standard InChI is InChI=1S/C19H28N6O3/c1-4-20-17-9-16-15(8-18(17)25(26)27)19(23-12-22-16)21-6-5-7-24-10-13(2)28-14(3)11-24/h8-9,12-14,20H,4-7,10-11H2,1-3H3,(H,21,22,23). The molecule has 152 valence electrons. The number of hydrogen-bond donors (Lipinski definition) is 2. The summed E-state index contributed by atoms with van der Waals surface area (Å²) >= 11 is 0. The van der Waals surface area contributed by atoms with E-state index in [1.54, 1.807) is 12.1 Å². The van der Waals surface area contributed by atoms with Crippen LogP contribution in [0.5, 0.6) is 0 Å². The fourth-order valence-electron chi connectivity index (χ4n) is 3.69. The van der Waals surface area contributed by atoms with Crippen molar-refractivity contribution in [2.24, 2.45) is 0 Å². The highest BCUT2D eigenvalue weighted by molar-refractivity contribution is 5.94. The van der Waals surface area contributed by atoms with Crippen molar-refractivity contribution >= 4 is 28.1 Å². The molecule has 2 heterocycles. The average molecular weight is 388 g/mol. The van der Waals surface area contributed by atoms with Gasteiger partial charge in [-0.15, -0.1) is 0 Å². The van der Waals surface area contributed by atoms with Crippen molar-refractivity contribution in [3.8, 4) is 0 Å². The van der Waals surface area contributed by atoms with Crippen molar-refractivity contribution in [1.29, 1.82) is 0 Å². The number of nitrogens with zero attached hydrogens (tertiary/aromatic N) is 4. The van der Waals surface area contributed by atoms with Gasteiger partial charge in [-0.1, -0.05) is 0 Å². The Bertz CT molecular complexity index is 821. The molecule has 1 aliphatic rings. The van der Waals surface area contributed by atoms with Crippen molar-refractivity contribution in [2.75, 3.05) is 43.4 Å².